The van der Waals surface area contributed by atoms with Crippen LogP contribution in [0.5, 0.6) is 0 Å². The van der Waals surface area contributed by atoms with Crippen LogP contribution in [0.3, 0.4) is 0 Å². The van der Waals surface area contributed by atoms with E-state index >= 15 is 0 Å². The van der Waals surface area contributed by atoms with Crippen LogP contribution in [0.1, 0.15) is 42.5 Å². The molecule has 1 fully saturated rings. The first-order valence-corrected chi connectivity index (χ1v) is 8.01. The van der Waals surface area contributed by atoms with Gasteiger partial charge in [-0.15, -0.1) is 0 Å². The lowest BCUT2D eigenvalue weighted by Crippen LogP contribution is -2.40. The molecule has 5 nitrogen and oxygen atoms in total. The Kier molecular flexibility index (Phi) is 6.21. The standard InChI is InChI=1S/C17H26N2O3/c1-19(15-5-3-2-4-6-15)16-9-7-13(8-10-16)17(22)18-14(11-20)12-21/h7-10,14-15,20-21H,2-6,11-12H2,1H3,(H,18,22). The molecule has 0 unspecified atom stereocenters. The van der Waals surface area contributed by atoms with Gasteiger partial charge in [0.2, 0.25) is 0 Å². The van der Waals surface area contributed by atoms with Gasteiger partial charge < -0.3 is 20.4 Å². The van der Waals surface area contributed by atoms with Crippen LogP contribution in [0.4, 0.5) is 5.69 Å². The number of benzene rings is 1. The van der Waals surface area contributed by atoms with Crippen molar-refractivity contribution in [2.24, 2.45) is 0 Å². The number of carbonyl (C=O) groups is 1. The Balaban J connectivity index is 1.98. The fraction of sp³-hybridized carbons (Fsp3) is 0.588. The summed E-state index contributed by atoms with van der Waals surface area (Å²) in [5.41, 5.74) is 1.65. The van der Waals surface area contributed by atoms with Crippen molar-refractivity contribution in [2.75, 3.05) is 25.2 Å². The Morgan fingerprint density at radius 2 is 1.77 bits per heavy atom. The van der Waals surface area contributed by atoms with Gasteiger partial charge in [-0.3, -0.25) is 4.79 Å². The van der Waals surface area contributed by atoms with E-state index in [0.29, 0.717) is 11.6 Å². The minimum absolute atomic E-state index is 0.273. The molecule has 22 heavy (non-hydrogen) atoms. The van der Waals surface area contributed by atoms with Crippen LogP contribution in [-0.2, 0) is 0 Å². The van der Waals surface area contributed by atoms with Crippen molar-refractivity contribution in [1.29, 1.82) is 0 Å². The number of hydrogen-bond donors (Lipinski definition) is 3. The Morgan fingerprint density at radius 3 is 2.32 bits per heavy atom. The summed E-state index contributed by atoms with van der Waals surface area (Å²) in [5, 5.41) is 20.6. The van der Waals surface area contributed by atoms with Gasteiger partial charge in [0.05, 0.1) is 19.3 Å². The highest BCUT2D eigenvalue weighted by atomic mass is 16.3. The number of amides is 1. The van der Waals surface area contributed by atoms with Crippen LogP contribution in [0, 0.1) is 0 Å². The van der Waals surface area contributed by atoms with Gasteiger partial charge in [0.25, 0.3) is 5.91 Å². The minimum atomic E-state index is -0.614. The van der Waals surface area contributed by atoms with E-state index in [1.807, 2.05) is 12.1 Å². The molecule has 1 aliphatic carbocycles. The second kappa shape index (κ2) is 8.15. The number of aliphatic hydroxyl groups is 2. The van der Waals surface area contributed by atoms with E-state index < -0.39 is 6.04 Å². The molecule has 0 spiro atoms. The lowest BCUT2D eigenvalue weighted by atomic mass is 9.94. The minimum Gasteiger partial charge on any atom is -0.394 e. The molecule has 0 saturated heterocycles. The average molecular weight is 306 g/mol. The van der Waals surface area contributed by atoms with Gasteiger partial charge in [0.1, 0.15) is 0 Å². The molecule has 5 heteroatoms. The van der Waals surface area contributed by atoms with E-state index in [0.717, 1.165) is 5.69 Å². The van der Waals surface area contributed by atoms with Gasteiger partial charge in [-0.05, 0) is 37.1 Å². The Morgan fingerprint density at radius 1 is 1.18 bits per heavy atom. The molecule has 2 rings (SSSR count). The molecule has 1 amide bonds. The Labute approximate surface area is 131 Å². The number of aliphatic hydroxyl groups excluding tert-OH is 2. The predicted molar refractivity (Wildman–Crippen MR) is 87.1 cm³/mol. The van der Waals surface area contributed by atoms with Crippen LogP contribution in [-0.4, -0.2) is 48.5 Å². The molecule has 3 N–H and O–H groups in total. The molecule has 0 aliphatic heterocycles. The quantitative estimate of drug-likeness (QED) is 0.745. The fourth-order valence-corrected chi connectivity index (χ4v) is 2.94. The number of carbonyl (C=O) groups excluding carboxylic acids is 1. The highest BCUT2D eigenvalue weighted by molar-refractivity contribution is 5.94. The lowest BCUT2D eigenvalue weighted by Gasteiger charge is -2.33. The van der Waals surface area contributed by atoms with Crippen molar-refractivity contribution < 1.29 is 15.0 Å². The zero-order valence-electron chi connectivity index (χ0n) is 13.2. The van der Waals surface area contributed by atoms with E-state index in [4.69, 9.17) is 10.2 Å². The smallest absolute Gasteiger partial charge is 0.251 e. The summed E-state index contributed by atoms with van der Waals surface area (Å²) in [7, 11) is 2.11. The van der Waals surface area contributed by atoms with E-state index in [1.54, 1.807) is 12.1 Å². The molecule has 0 bridgehead atoms. The number of rotatable bonds is 6. The zero-order valence-corrected chi connectivity index (χ0v) is 13.2. The topological polar surface area (TPSA) is 72.8 Å². The Bertz CT molecular complexity index is 465. The Hall–Kier alpha value is -1.59. The number of hydrogen-bond acceptors (Lipinski definition) is 4. The largest absolute Gasteiger partial charge is 0.394 e. The van der Waals surface area contributed by atoms with Gasteiger partial charge in [-0.2, -0.15) is 0 Å². The molecule has 0 atom stereocenters. The molecule has 1 aromatic carbocycles. The van der Waals surface area contributed by atoms with Gasteiger partial charge in [-0.25, -0.2) is 0 Å². The van der Waals surface area contributed by atoms with Crippen LogP contribution in [0.2, 0.25) is 0 Å². The second-order valence-corrected chi connectivity index (χ2v) is 5.99. The van der Waals surface area contributed by atoms with Gasteiger partial charge in [0, 0.05) is 24.3 Å². The zero-order chi connectivity index (χ0) is 15.9. The lowest BCUT2D eigenvalue weighted by molar-refractivity contribution is 0.0879. The van der Waals surface area contributed by atoms with Crippen LogP contribution < -0.4 is 10.2 Å². The third-order valence-corrected chi connectivity index (χ3v) is 4.44. The van der Waals surface area contributed by atoms with Gasteiger partial charge >= 0.3 is 0 Å². The fourth-order valence-electron chi connectivity index (χ4n) is 2.94. The van der Waals surface area contributed by atoms with Crippen molar-refractivity contribution in [3.8, 4) is 0 Å². The van der Waals surface area contributed by atoms with Crippen LogP contribution in [0.15, 0.2) is 24.3 Å². The first-order valence-electron chi connectivity index (χ1n) is 8.01. The maximum atomic E-state index is 12.0. The van der Waals surface area contributed by atoms with Crippen molar-refractivity contribution in [3.05, 3.63) is 29.8 Å². The van der Waals surface area contributed by atoms with Crippen molar-refractivity contribution in [1.82, 2.24) is 5.32 Å². The number of anilines is 1. The third-order valence-electron chi connectivity index (χ3n) is 4.44. The van der Waals surface area contributed by atoms with Crippen LogP contribution in [0.25, 0.3) is 0 Å². The highest BCUT2D eigenvalue weighted by Gasteiger charge is 2.18. The van der Waals surface area contributed by atoms with Gasteiger partial charge in [0.15, 0.2) is 0 Å². The molecular formula is C17H26N2O3. The first kappa shape index (κ1) is 16.8. The SMILES string of the molecule is CN(c1ccc(C(=O)NC(CO)CO)cc1)C1CCCCC1. The number of nitrogens with one attached hydrogen (secondary N) is 1. The summed E-state index contributed by atoms with van der Waals surface area (Å²) in [6, 6.07) is 7.46. The second-order valence-electron chi connectivity index (χ2n) is 5.99. The molecule has 0 aromatic heterocycles. The molecule has 1 aliphatic rings. The van der Waals surface area contributed by atoms with E-state index in [-0.39, 0.29) is 19.1 Å². The average Bonchev–Trinajstić information content (AvgIpc) is 2.59. The summed E-state index contributed by atoms with van der Waals surface area (Å²) in [4.78, 5) is 14.3. The van der Waals surface area contributed by atoms with E-state index in [9.17, 15) is 4.79 Å². The normalized spacial score (nSPS) is 15.8. The first-order chi connectivity index (χ1) is 10.7. The summed E-state index contributed by atoms with van der Waals surface area (Å²) in [6.45, 7) is -0.546. The molecule has 1 saturated carbocycles. The van der Waals surface area contributed by atoms with Crippen molar-refractivity contribution in [2.45, 2.75) is 44.2 Å². The highest BCUT2D eigenvalue weighted by Crippen LogP contribution is 2.26. The summed E-state index contributed by atoms with van der Waals surface area (Å²) in [5.74, 6) is -0.278. The molecule has 0 radical (unpaired) electrons. The van der Waals surface area contributed by atoms with Crippen LogP contribution >= 0.6 is 0 Å². The summed E-state index contributed by atoms with van der Waals surface area (Å²) < 4.78 is 0. The molecule has 122 valence electrons. The molecule has 1 aromatic rings. The van der Waals surface area contributed by atoms with Crippen molar-refractivity contribution in [3.63, 3.8) is 0 Å². The van der Waals surface area contributed by atoms with E-state index in [2.05, 4.69) is 17.3 Å². The monoisotopic (exact) mass is 306 g/mol. The predicted octanol–water partition coefficient (Wildman–Crippen LogP) is 1.54. The summed E-state index contributed by atoms with van der Waals surface area (Å²) >= 11 is 0. The van der Waals surface area contributed by atoms with Crippen molar-refractivity contribution >= 4 is 11.6 Å². The van der Waals surface area contributed by atoms with E-state index in [1.165, 1.54) is 32.1 Å². The molecular weight excluding hydrogens is 280 g/mol. The molecule has 0 heterocycles. The third kappa shape index (κ3) is 4.21. The summed E-state index contributed by atoms with van der Waals surface area (Å²) in [6.07, 6.45) is 6.37. The van der Waals surface area contributed by atoms with Gasteiger partial charge in [-0.1, -0.05) is 19.3 Å². The maximum absolute atomic E-state index is 12.0. The maximum Gasteiger partial charge on any atom is 0.251 e. The number of nitrogens with zero attached hydrogens (tertiary/aromatic N) is 1.